The smallest absolute Gasteiger partial charge is 0.0569 e. The molecule has 19 heavy (non-hydrogen) atoms. The van der Waals surface area contributed by atoms with E-state index in [-0.39, 0.29) is 5.92 Å². The summed E-state index contributed by atoms with van der Waals surface area (Å²) < 4.78 is 0. The highest BCUT2D eigenvalue weighted by Crippen LogP contribution is 2.45. The summed E-state index contributed by atoms with van der Waals surface area (Å²) in [4.78, 5) is 2.02. The van der Waals surface area contributed by atoms with Gasteiger partial charge in [0.05, 0.1) is 5.03 Å². The lowest BCUT2D eigenvalue weighted by Gasteiger charge is -2.26. The molecule has 1 unspecified atom stereocenters. The first-order valence-corrected chi connectivity index (χ1v) is 7.29. The maximum Gasteiger partial charge on any atom is 0.0569 e. The molecular weight excluding hydrogens is 324 g/mol. The van der Waals surface area contributed by atoms with E-state index in [2.05, 4.69) is 0 Å². The molecule has 0 spiro atoms. The Morgan fingerprint density at radius 1 is 1.11 bits per heavy atom. The summed E-state index contributed by atoms with van der Waals surface area (Å²) in [5.74, 6) is -0.0530. The molecule has 5 heteroatoms. The van der Waals surface area contributed by atoms with E-state index in [1.165, 1.54) is 0 Å². The topological polar surface area (TPSA) is 3.24 Å². The van der Waals surface area contributed by atoms with Crippen LogP contribution >= 0.6 is 46.4 Å². The van der Waals surface area contributed by atoms with Crippen LogP contribution in [0.15, 0.2) is 39.4 Å². The summed E-state index contributed by atoms with van der Waals surface area (Å²) in [6.07, 6.45) is 2.33. The molecule has 0 radical (unpaired) electrons. The number of hydrogen-bond acceptors (Lipinski definition) is 1. The lowest BCUT2D eigenvalue weighted by Crippen LogP contribution is -2.14. The molecule has 2 rings (SSSR count). The number of hydrogen-bond donors (Lipinski definition) is 0. The molecule has 1 aliphatic carbocycles. The second kappa shape index (κ2) is 5.97. The minimum atomic E-state index is -0.0530. The zero-order chi connectivity index (χ0) is 14.2. The van der Waals surface area contributed by atoms with Crippen molar-refractivity contribution in [2.45, 2.75) is 12.3 Å². The fraction of sp³-hybridized carbons (Fsp3) is 0.286. The Morgan fingerprint density at radius 2 is 1.79 bits per heavy atom. The van der Waals surface area contributed by atoms with Gasteiger partial charge < -0.3 is 4.90 Å². The van der Waals surface area contributed by atoms with E-state index in [0.29, 0.717) is 26.5 Å². The van der Waals surface area contributed by atoms with E-state index in [1.807, 2.05) is 37.2 Å². The van der Waals surface area contributed by atoms with Crippen LogP contribution in [0.1, 0.15) is 17.9 Å². The number of halogens is 4. The molecular formula is C14H13Cl4N. The predicted molar refractivity (Wildman–Crippen MR) is 85.8 cm³/mol. The van der Waals surface area contributed by atoms with Gasteiger partial charge in [-0.2, -0.15) is 0 Å². The van der Waals surface area contributed by atoms with Gasteiger partial charge in [-0.1, -0.05) is 46.4 Å². The Hall–Kier alpha value is -0.340. The van der Waals surface area contributed by atoms with Gasteiger partial charge in [0.2, 0.25) is 0 Å². The highest BCUT2D eigenvalue weighted by molar-refractivity contribution is 6.42. The molecule has 1 aliphatic rings. The monoisotopic (exact) mass is 335 g/mol. The van der Waals surface area contributed by atoms with Gasteiger partial charge in [0.1, 0.15) is 0 Å². The third-order valence-electron chi connectivity index (χ3n) is 3.06. The number of anilines is 1. The minimum Gasteiger partial charge on any atom is -0.377 e. The number of benzene rings is 1. The third-order valence-corrected chi connectivity index (χ3v) is 4.44. The van der Waals surface area contributed by atoms with Crippen LogP contribution in [0.3, 0.4) is 0 Å². The second-order valence-corrected chi connectivity index (χ2v) is 6.38. The van der Waals surface area contributed by atoms with Gasteiger partial charge in [0.25, 0.3) is 0 Å². The van der Waals surface area contributed by atoms with Crippen LogP contribution in [0.4, 0.5) is 5.69 Å². The van der Waals surface area contributed by atoms with E-state index >= 15 is 0 Å². The fourth-order valence-corrected chi connectivity index (χ4v) is 3.19. The molecule has 0 saturated carbocycles. The van der Waals surface area contributed by atoms with Crippen LogP contribution in [-0.2, 0) is 0 Å². The SMILES string of the molecule is CN(C)c1ccc(Cl)cc1C1CC(Cl)=CC(Cl)=C1Cl. The van der Waals surface area contributed by atoms with Crippen LogP contribution < -0.4 is 4.90 Å². The van der Waals surface area contributed by atoms with Crippen LogP contribution in [0, 0.1) is 0 Å². The van der Waals surface area contributed by atoms with Crippen LogP contribution in [0.25, 0.3) is 0 Å². The molecule has 0 N–H and O–H groups in total. The summed E-state index contributed by atoms with van der Waals surface area (Å²) in [5, 5.41) is 2.47. The van der Waals surface area contributed by atoms with Gasteiger partial charge in [-0.25, -0.2) is 0 Å². The molecule has 0 aromatic heterocycles. The lowest BCUT2D eigenvalue weighted by molar-refractivity contribution is 0.819. The maximum atomic E-state index is 6.34. The van der Waals surface area contributed by atoms with E-state index in [0.717, 1.165) is 11.3 Å². The molecule has 0 aliphatic heterocycles. The molecule has 0 saturated heterocycles. The summed E-state index contributed by atoms with van der Waals surface area (Å²) in [6, 6.07) is 5.76. The first-order valence-electron chi connectivity index (χ1n) is 5.78. The predicted octanol–water partition coefficient (Wildman–Crippen LogP) is 5.71. The molecule has 1 aromatic carbocycles. The Morgan fingerprint density at radius 3 is 2.42 bits per heavy atom. The van der Waals surface area contributed by atoms with Gasteiger partial charge in [-0.05, 0) is 36.3 Å². The molecule has 0 bridgehead atoms. The van der Waals surface area contributed by atoms with E-state index in [1.54, 1.807) is 6.08 Å². The summed E-state index contributed by atoms with van der Waals surface area (Å²) >= 11 is 24.7. The fourth-order valence-electron chi connectivity index (χ4n) is 2.17. The normalized spacial score (nSPS) is 19.5. The van der Waals surface area contributed by atoms with Crippen molar-refractivity contribution in [2.75, 3.05) is 19.0 Å². The van der Waals surface area contributed by atoms with E-state index < -0.39 is 0 Å². The van der Waals surface area contributed by atoms with Crippen molar-refractivity contribution >= 4 is 52.1 Å². The molecule has 0 fully saturated rings. The summed E-state index contributed by atoms with van der Waals surface area (Å²) in [7, 11) is 3.96. The van der Waals surface area contributed by atoms with Crippen molar-refractivity contribution in [3.63, 3.8) is 0 Å². The first kappa shape index (κ1) is 15.1. The molecule has 1 aromatic rings. The molecule has 1 atom stereocenters. The van der Waals surface area contributed by atoms with E-state index in [4.69, 9.17) is 46.4 Å². The van der Waals surface area contributed by atoms with Gasteiger partial charge >= 0.3 is 0 Å². The van der Waals surface area contributed by atoms with Gasteiger partial charge in [-0.3, -0.25) is 0 Å². The second-order valence-electron chi connectivity index (χ2n) is 4.64. The Bertz CT molecular complexity index is 561. The van der Waals surface area contributed by atoms with Crippen molar-refractivity contribution in [2.24, 2.45) is 0 Å². The van der Waals surface area contributed by atoms with Crippen LogP contribution in [-0.4, -0.2) is 14.1 Å². The maximum absolute atomic E-state index is 6.34. The van der Waals surface area contributed by atoms with Crippen molar-refractivity contribution < 1.29 is 0 Å². The quantitative estimate of drug-likeness (QED) is 0.669. The van der Waals surface area contributed by atoms with Crippen molar-refractivity contribution in [3.05, 3.63) is 50.0 Å². The number of rotatable bonds is 2. The third kappa shape index (κ3) is 3.22. The van der Waals surface area contributed by atoms with Crippen molar-refractivity contribution in [3.8, 4) is 0 Å². The average molecular weight is 337 g/mol. The van der Waals surface area contributed by atoms with Crippen LogP contribution in [0.2, 0.25) is 5.02 Å². The lowest BCUT2D eigenvalue weighted by atomic mass is 9.90. The molecule has 0 amide bonds. The number of nitrogens with zero attached hydrogens (tertiary/aromatic N) is 1. The zero-order valence-corrected chi connectivity index (χ0v) is 13.6. The number of allylic oxidation sites excluding steroid dienone is 4. The van der Waals surface area contributed by atoms with Gasteiger partial charge in [0, 0.05) is 40.8 Å². The van der Waals surface area contributed by atoms with Crippen LogP contribution in [0.5, 0.6) is 0 Å². The Kier molecular flexibility index (Phi) is 4.73. The van der Waals surface area contributed by atoms with Crippen molar-refractivity contribution in [1.29, 1.82) is 0 Å². The first-order chi connectivity index (χ1) is 8.90. The highest BCUT2D eigenvalue weighted by Gasteiger charge is 2.26. The van der Waals surface area contributed by atoms with Gasteiger partial charge in [-0.15, -0.1) is 0 Å². The Balaban J connectivity index is 2.53. The standard InChI is InChI=1S/C14H13Cl4N/c1-19(2)13-4-3-8(15)5-10(13)11-6-9(16)7-12(17)14(11)18/h3-5,7,11H,6H2,1-2H3. The van der Waals surface area contributed by atoms with Crippen molar-refractivity contribution in [1.82, 2.24) is 0 Å². The van der Waals surface area contributed by atoms with E-state index in [9.17, 15) is 0 Å². The van der Waals surface area contributed by atoms with Gasteiger partial charge in [0.15, 0.2) is 0 Å². The Labute approximate surface area is 133 Å². The molecule has 102 valence electrons. The molecule has 1 nitrogen and oxygen atoms in total. The molecule has 0 heterocycles. The minimum absolute atomic E-state index is 0.0530. The summed E-state index contributed by atoms with van der Waals surface area (Å²) in [6.45, 7) is 0. The summed E-state index contributed by atoms with van der Waals surface area (Å²) in [5.41, 5.74) is 2.09. The average Bonchev–Trinajstić information content (AvgIpc) is 2.33. The largest absolute Gasteiger partial charge is 0.377 e. The highest BCUT2D eigenvalue weighted by atomic mass is 35.5. The zero-order valence-electron chi connectivity index (χ0n) is 10.6.